The molecule has 3 rings (SSSR count). The Bertz CT molecular complexity index is 684. The summed E-state index contributed by atoms with van der Waals surface area (Å²) in [4.78, 5) is 15.1. The Morgan fingerprint density at radius 1 is 1.37 bits per heavy atom. The third kappa shape index (κ3) is 2.49. The van der Waals surface area contributed by atoms with Crippen LogP contribution in [0, 0.1) is 0 Å². The van der Waals surface area contributed by atoms with Crippen LogP contribution in [-0.2, 0) is 6.54 Å². The minimum absolute atomic E-state index is 0.0661. The average Bonchev–Trinajstić information content (AvgIpc) is 3.08. The molecule has 5 heteroatoms. The molecule has 1 amide bonds. The molecule has 19 heavy (non-hydrogen) atoms. The van der Waals surface area contributed by atoms with Crippen LogP contribution in [0.25, 0.3) is 10.9 Å². The standard InChI is InChI=1S/C14H14N4O/c19-14(16-7-9-18-8-1-5-17-18)12-3-2-11-4-6-15-13(11)10-12/h1-6,8,10,15H,7,9H2,(H,16,19). The van der Waals surface area contributed by atoms with Crippen molar-refractivity contribution in [2.75, 3.05) is 6.54 Å². The van der Waals surface area contributed by atoms with Gasteiger partial charge in [-0.25, -0.2) is 0 Å². The van der Waals surface area contributed by atoms with Crippen molar-refractivity contribution in [3.05, 3.63) is 54.5 Å². The quantitative estimate of drug-likeness (QED) is 0.745. The summed E-state index contributed by atoms with van der Waals surface area (Å²) in [6, 6.07) is 9.47. The van der Waals surface area contributed by atoms with Gasteiger partial charge in [0.2, 0.25) is 0 Å². The second kappa shape index (κ2) is 4.97. The number of hydrogen-bond acceptors (Lipinski definition) is 2. The van der Waals surface area contributed by atoms with E-state index in [2.05, 4.69) is 15.4 Å². The molecule has 5 nitrogen and oxygen atoms in total. The number of benzene rings is 1. The van der Waals surface area contributed by atoms with Gasteiger partial charge in [0.05, 0.1) is 6.54 Å². The van der Waals surface area contributed by atoms with Crippen LogP contribution in [0.3, 0.4) is 0 Å². The molecule has 0 unspecified atom stereocenters. The van der Waals surface area contributed by atoms with E-state index in [0.29, 0.717) is 18.7 Å². The Labute approximate surface area is 110 Å². The summed E-state index contributed by atoms with van der Waals surface area (Å²) in [5, 5.41) is 8.07. The summed E-state index contributed by atoms with van der Waals surface area (Å²) >= 11 is 0. The van der Waals surface area contributed by atoms with E-state index in [0.717, 1.165) is 10.9 Å². The fourth-order valence-corrected chi connectivity index (χ4v) is 2.01. The lowest BCUT2D eigenvalue weighted by molar-refractivity contribution is 0.0952. The summed E-state index contributed by atoms with van der Waals surface area (Å²) in [6.07, 6.45) is 5.46. The van der Waals surface area contributed by atoms with Crippen LogP contribution < -0.4 is 5.32 Å². The molecule has 0 aliphatic rings. The van der Waals surface area contributed by atoms with Crippen molar-refractivity contribution >= 4 is 16.8 Å². The summed E-state index contributed by atoms with van der Waals surface area (Å²) in [5.41, 5.74) is 1.63. The number of rotatable bonds is 4. The van der Waals surface area contributed by atoms with Crippen LogP contribution in [0.5, 0.6) is 0 Å². The highest BCUT2D eigenvalue weighted by Crippen LogP contribution is 2.13. The van der Waals surface area contributed by atoms with Crippen LogP contribution in [0.4, 0.5) is 0 Å². The summed E-state index contributed by atoms with van der Waals surface area (Å²) in [5.74, 6) is -0.0661. The molecule has 0 fully saturated rings. The van der Waals surface area contributed by atoms with Gasteiger partial charge in [-0.1, -0.05) is 6.07 Å². The predicted octanol–water partition coefficient (Wildman–Crippen LogP) is 1.79. The number of nitrogens with zero attached hydrogens (tertiary/aromatic N) is 2. The van der Waals surface area contributed by atoms with Gasteiger partial charge in [-0.3, -0.25) is 9.48 Å². The molecule has 0 radical (unpaired) electrons. The monoisotopic (exact) mass is 254 g/mol. The zero-order valence-electron chi connectivity index (χ0n) is 10.3. The Morgan fingerprint density at radius 3 is 3.16 bits per heavy atom. The molecule has 0 aliphatic carbocycles. The average molecular weight is 254 g/mol. The predicted molar refractivity (Wildman–Crippen MR) is 72.9 cm³/mol. The lowest BCUT2D eigenvalue weighted by atomic mass is 10.1. The third-order valence-electron chi connectivity index (χ3n) is 3.00. The molecule has 2 heterocycles. The first-order valence-corrected chi connectivity index (χ1v) is 6.16. The van der Waals surface area contributed by atoms with E-state index in [1.807, 2.05) is 42.7 Å². The van der Waals surface area contributed by atoms with E-state index in [9.17, 15) is 4.79 Å². The molecular formula is C14H14N4O. The van der Waals surface area contributed by atoms with Gasteiger partial charge in [-0.05, 0) is 29.7 Å². The Balaban J connectivity index is 1.63. The molecule has 0 bridgehead atoms. The Kier molecular flexibility index (Phi) is 3.02. The zero-order chi connectivity index (χ0) is 13.1. The maximum absolute atomic E-state index is 12.0. The normalized spacial score (nSPS) is 10.7. The maximum Gasteiger partial charge on any atom is 0.251 e. The highest BCUT2D eigenvalue weighted by molar-refractivity contribution is 5.97. The molecule has 0 atom stereocenters. The van der Waals surface area contributed by atoms with Crippen molar-refractivity contribution in [1.29, 1.82) is 0 Å². The molecule has 0 saturated heterocycles. The van der Waals surface area contributed by atoms with Gasteiger partial charge in [-0.15, -0.1) is 0 Å². The number of H-pyrrole nitrogens is 1. The molecular weight excluding hydrogens is 240 g/mol. The topological polar surface area (TPSA) is 62.7 Å². The van der Waals surface area contributed by atoms with Crippen molar-refractivity contribution < 1.29 is 4.79 Å². The second-order valence-corrected chi connectivity index (χ2v) is 4.30. The molecule has 96 valence electrons. The van der Waals surface area contributed by atoms with Gasteiger partial charge < -0.3 is 10.3 Å². The lowest BCUT2D eigenvalue weighted by Crippen LogP contribution is -2.27. The van der Waals surface area contributed by atoms with E-state index < -0.39 is 0 Å². The first-order chi connectivity index (χ1) is 9.33. The minimum Gasteiger partial charge on any atom is -0.361 e. The largest absolute Gasteiger partial charge is 0.361 e. The van der Waals surface area contributed by atoms with Crippen LogP contribution in [0.2, 0.25) is 0 Å². The number of amides is 1. The molecule has 2 aromatic heterocycles. The van der Waals surface area contributed by atoms with Gasteiger partial charge in [0.15, 0.2) is 0 Å². The van der Waals surface area contributed by atoms with Gasteiger partial charge >= 0.3 is 0 Å². The molecule has 0 saturated carbocycles. The summed E-state index contributed by atoms with van der Waals surface area (Å²) in [6.45, 7) is 1.23. The van der Waals surface area contributed by atoms with Crippen LogP contribution in [0.15, 0.2) is 48.9 Å². The van der Waals surface area contributed by atoms with Crippen molar-refractivity contribution in [1.82, 2.24) is 20.1 Å². The van der Waals surface area contributed by atoms with E-state index in [1.54, 1.807) is 10.9 Å². The highest BCUT2D eigenvalue weighted by Gasteiger charge is 2.06. The van der Waals surface area contributed by atoms with Crippen molar-refractivity contribution in [3.8, 4) is 0 Å². The molecule has 3 aromatic rings. The van der Waals surface area contributed by atoms with Crippen LogP contribution in [0.1, 0.15) is 10.4 Å². The number of hydrogen-bond donors (Lipinski definition) is 2. The Hall–Kier alpha value is -2.56. The van der Waals surface area contributed by atoms with E-state index in [4.69, 9.17) is 0 Å². The number of aromatic nitrogens is 3. The number of carbonyl (C=O) groups is 1. The fraction of sp³-hybridized carbons (Fsp3) is 0.143. The highest BCUT2D eigenvalue weighted by atomic mass is 16.1. The van der Waals surface area contributed by atoms with Crippen LogP contribution >= 0.6 is 0 Å². The van der Waals surface area contributed by atoms with Gasteiger partial charge in [0.1, 0.15) is 0 Å². The van der Waals surface area contributed by atoms with Crippen molar-refractivity contribution in [2.24, 2.45) is 0 Å². The zero-order valence-corrected chi connectivity index (χ0v) is 10.3. The molecule has 0 spiro atoms. The third-order valence-corrected chi connectivity index (χ3v) is 3.00. The van der Waals surface area contributed by atoms with Gasteiger partial charge in [0.25, 0.3) is 5.91 Å². The van der Waals surface area contributed by atoms with Crippen molar-refractivity contribution in [2.45, 2.75) is 6.54 Å². The van der Waals surface area contributed by atoms with E-state index >= 15 is 0 Å². The molecule has 1 aromatic carbocycles. The second-order valence-electron chi connectivity index (χ2n) is 4.30. The number of aromatic amines is 1. The van der Waals surface area contributed by atoms with Crippen molar-refractivity contribution in [3.63, 3.8) is 0 Å². The molecule has 0 aliphatic heterocycles. The molecule has 2 N–H and O–H groups in total. The van der Waals surface area contributed by atoms with Gasteiger partial charge in [0, 0.05) is 36.2 Å². The Morgan fingerprint density at radius 2 is 2.32 bits per heavy atom. The smallest absolute Gasteiger partial charge is 0.251 e. The fourth-order valence-electron chi connectivity index (χ4n) is 2.01. The van der Waals surface area contributed by atoms with E-state index in [1.165, 1.54) is 0 Å². The number of fused-ring (bicyclic) bond motifs is 1. The summed E-state index contributed by atoms with van der Waals surface area (Å²) in [7, 11) is 0. The SMILES string of the molecule is O=C(NCCn1cccn1)c1ccc2cc[nH]c2c1. The maximum atomic E-state index is 12.0. The number of carbonyl (C=O) groups excluding carboxylic acids is 1. The van der Waals surface area contributed by atoms with Crippen LogP contribution in [-0.4, -0.2) is 27.2 Å². The minimum atomic E-state index is -0.0661. The lowest BCUT2D eigenvalue weighted by Gasteiger charge is -2.05. The summed E-state index contributed by atoms with van der Waals surface area (Å²) < 4.78 is 1.79. The number of nitrogens with one attached hydrogen (secondary N) is 2. The van der Waals surface area contributed by atoms with E-state index in [-0.39, 0.29) is 5.91 Å². The first-order valence-electron chi connectivity index (χ1n) is 6.16. The first kappa shape index (κ1) is 11.5. The van der Waals surface area contributed by atoms with Gasteiger partial charge in [-0.2, -0.15) is 5.10 Å².